The van der Waals surface area contributed by atoms with Crippen LogP contribution in [0.1, 0.15) is 27.2 Å². The van der Waals surface area contributed by atoms with E-state index in [1.165, 1.54) is 11.1 Å². The second-order valence-electron chi connectivity index (χ2n) is 7.30. The highest BCUT2D eigenvalue weighted by Crippen LogP contribution is 2.30. The van der Waals surface area contributed by atoms with Gasteiger partial charge in [0.2, 0.25) is 0 Å². The Labute approximate surface area is 182 Å². The molecule has 156 valence electrons. The van der Waals surface area contributed by atoms with Gasteiger partial charge in [-0.1, -0.05) is 36.4 Å². The maximum Gasteiger partial charge on any atom is 0.270 e. The van der Waals surface area contributed by atoms with Gasteiger partial charge in [0.15, 0.2) is 0 Å². The number of carbonyl (C=O) groups excluding carboxylic acids is 1. The average molecular weight is 425 g/mol. The topological polar surface area (TPSA) is 89.3 Å². The number of amides is 1. The first-order valence-electron chi connectivity index (χ1n) is 9.59. The van der Waals surface area contributed by atoms with Crippen molar-refractivity contribution in [3.05, 3.63) is 77.0 Å². The van der Waals surface area contributed by atoms with Crippen molar-refractivity contribution < 1.29 is 9.53 Å². The minimum atomic E-state index is -0.227. The largest absolute Gasteiger partial charge is 0.494 e. The van der Waals surface area contributed by atoms with Gasteiger partial charge < -0.3 is 21.1 Å². The molecule has 1 aliphatic rings. The molecule has 30 heavy (non-hydrogen) atoms. The summed E-state index contributed by atoms with van der Waals surface area (Å²) < 4.78 is 5.47. The Hall–Kier alpha value is -3.25. The predicted octanol–water partition coefficient (Wildman–Crippen LogP) is 4.04. The SMILES string of the molecule is COc1c(C)cccc1Nc1cc(N)cc(C(=O)NC2Cc3ccccc3C2)n1.Cl. The number of aryl methyl sites for hydroxylation is 1. The molecule has 6 nitrogen and oxygen atoms in total. The van der Waals surface area contributed by atoms with Crippen molar-refractivity contribution in [2.75, 3.05) is 18.2 Å². The number of nitrogens with two attached hydrogens (primary N) is 1. The van der Waals surface area contributed by atoms with E-state index in [2.05, 4.69) is 27.8 Å². The van der Waals surface area contributed by atoms with Crippen LogP contribution in [0.3, 0.4) is 0 Å². The second-order valence-corrected chi connectivity index (χ2v) is 7.30. The Morgan fingerprint density at radius 3 is 2.47 bits per heavy atom. The fraction of sp³-hybridized carbons (Fsp3) is 0.217. The molecule has 1 amide bonds. The highest BCUT2D eigenvalue weighted by atomic mass is 35.5. The minimum Gasteiger partial charge on any atom is -0.494 e. The smallest absolute Gasteiger partial charge is 0.270 e. The molecular formula is C23H25ClN4O2. The van der Waals surface area contributed by atoms with Gasteiger partial charge in [0.25, 0.3) is 5.91 Å². The third-order valence-corrected chi connectivity index (χ3v) is 5.15. The molecule has 0 saturated carbocycles. The quantitative estimate of drug-likeness (QED) is 0.575. The zero-order valence-corrected chi connectivity index (χ0v) is 17.8. The Bertz CT molecular complexity index is 1050. The van der Waals surface area contributed by atoms with Crippen molar-refractivity contribution >= 4 is 35.5 Å². The molecule has 4 rings (SSSR count). The van der Waals surface area contributed by atoms with Crippen LogP contribution in [0.5, 0.6) is 5.75 Å². The third kappa shape index (κ3) is 4.49. The van der Waals surface area contributed by atoms with E-state index < -0.39 is 0 Å². The Morgan fingerprint density at radius 1 is 1.10 bits per heavy atom. The lowest BCUT2D eigenvalue weighted by Gasteiger charge is -2.15. The first-order chi connectivity index (χ1) is 14.0. The third-order valence-electron chi connectivity index (χ3n) is 5.15. The standard InChI is InChI=1S/C23H24N4O2.ClH/c1-14-6-5-9-19(22(14)29-2)26-21-13-17(24)12-20(27-21)23(28)25-18-10-15-7-3-4-8-16(15)11-18;/h3-9,12-13,18H,10-11H2,1-2H3,(H,25,28)(H3,24,26,27);1H. The number of hydrogen-bond acceptors (Lipinski definition) is 5. The van der Waals surface area contributed by atoms with E-state index in [4.69, 9.17) is 10.5 Å². The number of anilines is 3. The van der Waals surface area contributed by atoms with Crippen molar-refractivity contribution in [2.45, 2.75) is 25.8 Å². The van der Waals surface area contributed by atoms with E-state index in [-0.39, 0.29) is 30.0 Å². The molecule has 0 spiro atoms. The molecule has 0 bridgehead atoms. The average Bonchev–Trinajstić information content (AvgIpc) is 3.10. The van der Waals surface area contributed by atoms with Crippen LogP contribution in [0.4, 0.5) is 17.2 Å². The van der Waals surface area contributed by atoms with Gasteiger partial charge in [-0.05, 0) is 48.6 Å². The predicted molar refractivity (Wildman–Crippen MR) is 122 cm³/mol. The Balaban J connectivity index is 0.00000256. The van der Waals surface area contributed by atoms with Gasteiger partial charge in [0.1, 0.15) is 17.3 Å². The number of rotatable bonds is 5. The highest BCUT2D eigenvalue weighted by molar-refractivity contribution is 5.94. The summed E-state index contributed by atoms with van der Waals surface area (Å²) in [6.45, 7) is 1.97. The maximum absolute atomic E-state index is 12.8. The van der Waals surface area contributed by atoms with Gasteiger partial charge >= 0.3 is 0 Å². The molecule has 1 aromatic heterocycles. The lowest BCUT2D eigenvalue weighted by molar-refractivity contribution is 0.0933. The number of carbonyl (C=O) groups is 1. The number of ether oxygens (including phenoxy) is 1. The summed E-state index contributed by atoms with van der Waals surface area (Å²) in [5, 5.41) is 6.29. The number of hydrogen-bond donors (Lipinski definition) is 3. The van der Waals surface area contributed by atoms with Crippen LogP contribution in [0.15, 0.2) is 54.6 Å². The molecule has 7 heteroatoms. The number of para-hydroxylation sites is 1. The summed E-state index contributed by atoms with van der Waals surface area (Å²) in [5.41, 5.74) is 11.1. The molecule has 0 atom stereocenters. The van der Waals surface area contributed by atoms with Crippen LogP contribution in [0.2, 0.25) is 0 Å². The van der Waals surface area contributed by atoms with Gasteiger partial charge in [0, 0.05) is 17.8 Å². The summed E-state index contributed by atoms with van der Waals surface area (Å²) in [7, 11) is 1.62. The molecule has 2 aromatic carbocycles. The first kappa shape index (κ1) is 21.5. The second kappa shape index (κ2) is 9.05. The molecule has 0 radical (unpaired) electrons. The van der Waals surface area contributed by atoms with E-state index >= 15 is 0 Å². The summed E-state index contributed by atoms with van der Waals surface area (Å²) in [5.74, 6) is 0.995. The number of benzene rings is 2. The zero-order valence-electron chi connectivity index (χ0n) is 16.9. The molecule has 1 aliphatic carbocycles. The lowest BCUT2D eigenvalue weighted by atomic mass is 10.1. The number of halogens is 1. The molecule has 0 aliphatic heterocycles. The van der Waals surface area contributed by atoms with Crippen LogP contribution in [0, 0.1) is 6.92 Å². The Morgan fingerprint density at radius 2 is 1.80 bits per heavy atom. The van der Waals surface area contributed by atoms with Gasteiger partial charge in [0.05, 0.1) is 12.8 Å². The van der Waals surface area contributed by atoms with Gasteiger partial charge in [-0.3, -0.25) is 4.79 Å². The highest BCUT2D eigenvalue weighted by Gasteiger charge is 2.23. The molecule has 3 aromatic rings. The Kier molecular flexibility index (Phi) is 6.47. The van der Waals surface area contributed by atoms with Crippen molar-refractivity contribution in [3.63, 3.8) is 0 Å². The zero-order chi connectivity index (χ0) is 20.4. The number of methoxy groups -OCH3 is 1. The lowest BCUT2D eigenvalue weighted by Crippen LogP contribution is -2.35. The summed E-state index contributed by atoms with van der Waals surface area (Å²) >= 11 is 0. The van der Waals surface area contributed by atoms with E-state index in [0.29, 0.717) is 11.5 Å². The molecule has 0 unspecified atom stereocenters. The van der Waals surface area contributed by atoms with E-state index in [1.54, 1.807) is 19.2 Å². The fourth-order valence-corrected chi connectivity index (χ4v) is 3.81. The summed E-state index contributed by atoms with van der Waals surface area (Å²) in [6.07, 6.45) is 1.66. The number of aromatic nitrogens is 1. The van der Waals surface area contributed by atoms with Gasteiger partial charge in [-0.15, -0.1) is 12.4 Å². The van der Waals surface area contributed by atoms with Crippen LogP contribution in [-0.2, 0) is 12.8 Å². The fourth-order valence-electron chi connectivity index (χ4n) is 3.81. The number of nitrogens with one attached hydrogen (secondary N) is 2. The molecule has 1 heterocycles. The van der Waals surface area contributed by atoms with Crippen molar-refractivity contribution in [2.24, 2.45) is 0 Å². The van der Waals surface area contributed by atoms with Crippen LogP contribution in [-0.4, -0.2) is 24.0 Å². The summed E-state index contributed by atoms with van der Waals surface area (Å²) in [4.78, 5) is 17.3. The van der Waals surface area contributed by atoms with Crippen LogP contribution in [0.25, 0.3) is 0 Å². The normalized spacial score (nSPS) is 12.6. The molecular weight excluding hydrogens is 400 g/mol. The summed E-state index contributed by atoms with van der Waals surface area (Å²) in [6, 6.07) is 17.4. The van der Waals surface area contributed by atoms with Gasteiger partial charge in [-0.25, -0.2) is 4.98 Å². The number of fused-ring (bicyclic) bond motifs is 1. The molecule has 0 fully saturated rings. The van der Waals surface area contributed by atoms with Crippen LogP contribution >= 0.6 is 12.4 Å². The van der Waals surface area contributed by atoms with E-state index in [9.17, 15) is 4.79 Å². The number of nitrogen functional groups attached to an aromatic ring is 1. The van der Waals surface area contributed by atoms with Gasteiger partial charge in [-0.2, -0.15) is 0 Å². The molecule has 0 saturated heterocycles. The monoisotopic (exact) mass is 424 g/mol. The van der Waals surface area contributed by atoms with Crippen molar-refractivity contribution in [1.82, 2.24) is 10.3 Å². The van der Waals surface area contributed by atoms with E-state index in [0.717, 1.165) is 29.8 Å². The molecule has 4 N–H and O–H groups in total. The minimum absolute atomic E-state index is 0. The maximum atomic E-state index is 12.8. The van der Waals surface area contributed by atoms with E-state index in [1.807, 2.05) is 37.3 Å². The van der Waals surface area contributed by atoms with Crippen molar-refractivity contribution in [3.8, 4) is 5.75 Å². The van der Waals surface area contributed by atoms with Crippen LogP contribution < -0.4 is 21.1 Å². The van der Waals surface area contributed by atoms with Crippen molar-refractivity contribution in [1.29, 1.82) is 0 Å². The number of pyridine rings is 1. The number of nitrogens with zero attached hydrogens (tertiary/aromatic N) is 1. The first-order valence-corrected chi connectivity index (χ1v) is 9.59.